The van der Waals surface area contributed by atoms with Crippen molar-refractivity contribution in [2.45, 2.75) is 25.8 Å². The zero-order valence-electron chi connectivity index (χ0n) is 15.0. The fraction of sp³-hybridized carbons (Fsp3) is 0.350. The van der Waals surface area contributed by atoms with Crippen molar-refractivity contribution in [3.8, 4) is 11.5 Å². The minimum atomic E-state index is -1.05. The van der Waals surface area contributed by atoms with Gasteiger partial charge in [0.1, 0.15) is 18.9 Å². The number of hydrogen-bond acceptors (Lipinski definition) is 5. The summed E-state index contributed by atoms with van der Waals surface area (Å²) in [5, 5.41) is 9.15. The molecule has 1 aromatic carbocycles. The molecule has 140 valence electrons. The Balaban J connectivity index is 1.65. The van der Waals surface area contributed by atoms with Gasteiger partial charge >= 0.3 is 5.97 Å². The van der Waals surface area contributed by atoms with Gasteiger partial charge in [-0.3, -0.25) is 4.79 Å². The normalized spacial score (nSPS) is 18.4. The van der Waals surface area contributed by atoms with Gasteiger partial charge in [0.25, 0.3) is 5.91 Å². The number of amides is 1. The summed E-state index contributed by atoms with van der Waals surface area (Å²) < 4.78 is 11.5. The number of aromatic carboxylic acids is 1. The van der Waals surface area contributed by atoms with Crippen molar-refractivity contribution >= 4 is 11.9 Å². The zero-order chi connectivity index (χ0) is 19.0. The molecule has 2 aliphatic heterocycles. The van der Waals surface area contributed by atoms with Gasteiger partial charge in [0.05, 0.1) is 17.3 Å². The number of likely N-dealkylation sites (tertiary alicyclic amines) is 1. The van der Waals surface area contributed by atoms with E-state index in [0.29, 0.717) is 37.0 Å². The molecule has 7 heteroatoms. The lowest BCUT2D eigenvalue weighted by Gasteiger charge is -2.28. The number of para-hydroxylation sites is 1. The fourth-order valence-corrected chi connectivity index (χ4v) is 3.75. The summed E-state index contributed by atoms with van der Waals surface area (Å²) in [4.78, 5) is 30.3. The number of carboxylic acid groups (broad SMARTS) is 1. The maximum atomic E-state index is 13.1. The van der Waals surface area contributed by atoms with Crippen LogP contribution in [0.5, 0.6) is 11.5 Å². The average Bonchev–Trinajstić information content (AvgIpc) is 3.16. The lowest BCUT2D eigenvalue weighted by molar-refractivity contribution is 0.0688. The van der Waals surface area contributed by atoms with E-state index in [1.165, 1.54) is 12.1 Å². The smallest absolute Gasteiger partial charge is 0.337 e. The summed E-state index contributed by atoms with van der Waals surface area (Å²) in [6, 6.07) is 8.55. The molecule has 0 radical (unpaired) electrons. The maximum absolute atomic E-state index is 13.1. The monoisotopic (exact) mass is 368 g/mol. The molecule has 1 aromatic heterocycles. The van der Waals surface area contributed by atoms with Crippen LogP contribution in [0.1, 0.15) is 51.0 Å². The lowest BCUT2D eigenvalue weighted by atomic mass is 10.0. The Kier molecular flexibility index (Phi) is 4.43. The van der Waals surface area contributed by atoms with E-state index in [9.17, 15) is 9.59 Å². The summed E-state index contributed by atoms with van der Waals surface area (Å²) in [6.07, 6.45) is 1.71. The first-order valence-electron chi connectivity index (χ1n) is 8.96. The second-order valence-corrected chi connectivity index (χ2v) is 6.66. The number of hydrogen-bond donors (Lipinski definition) is 1. The van der Waals surface area contributed by atoms with Crippen molar-refractivity contribution in [2.75, 3.05) is 19.8 Å². The standard InChI is InChI=1S/C20H20N2O5/c1-12-13(20(24)25)7-8-15(21-12)19(23)22-9-3-5-16(22)14-4-2-6-17-18(14)27-11-10-26-17/h2,4,6-8,16H,3,5,9-11H2,1H3,(H,24,25). The molecule has 1 unspecified atom stereocenters. The third-order valence-electron chi connectivity index (χ3n) is 5.00. The molecule has 7 nitrogen and oxygen atoms in total. The molecular weight excluding hydrogens is 348 g/mol. The molecular formula is C20H20N2O5. The molecule has 1 fully saturated rings. The topological polar surface area (TPSA) is 89.0 Å². The van der Waals surface area contributed by atoms with E-state index in [-0.39, 0.29) is 23.2 Å². The molecule has 1 atom stereocenters. The number of fused-ring (bicyclic) bond motifs is 1. The van der Waals surface area contributed by atoms with Crippen LogP contribution < -0.4 is 9.47 Å². The molecule has 0 aliphatic carbocycles. The highest BCUT2D eigenvalue weighted by molar-refractivity contribution is 5.95. The molecule has 1 amide bonds. The van der Waals surface area contributed by atoms with Crippen molar-refractivity contribution in [3.63, 3.8) is 0 Å². The van der Waals surface area contributed by atoms with Gasteiger partial charge in [0, 0.05) is 12.1 Å². The molecule has 27 heavy (non-hydrogen) atoms. The number of rotatable bonds is 3. The predicted molar refractivity (Wildman–Crippen MR) is 96.4 cm³/mol. The van der Waals surface area contributed by atoms with Crippen molar-refractivity contribution < 1.29 is 24.2 Å². The van der Waals surface area contributed by atoms with Crippen LogP contribution in [0, 0.1) is 6.92 Å². The predicted octanol–water partition coefficient (Wildman–Crippen LogP) is 2.84. The van der Waals surface area contributed by atoms with E-state index in [4.69, 9.17) is 14.6 Å². The molecule has 4 rings (SSSR count). The summed E-state index contributed by atoms with van der Waals surface area (Å²) in [5.41, 5.74) is 1.63. The number of carbonyl (C=O) groups excluding carboxylic acids is 1. The van der Waals surface area contributed by atoms with Crippen LogP contribution in [-0.2, 0) is 0 Å². The molecule has 2 aliphatic rings. The van der Waals surface area contributed by atoms with Crippen LogP contribution in [-0.4, -0.2) is 46.6 Å². The quantitative estimate of drug-likeness (QED) is 0.896. The Morgan fingerprint density at radius 2 is 2.00 bits per heavy atom. The van der Waals surface area contributed by atoms with Crippen LogP contribution in [0.25, 0.3) is 0 Å². The van der Waals surface area contributed by atoms with Crippen LogP contribution in [0.3, 0.4) is 0 Å². The average molecular weight is 368 g/mol. The van der Waals surface area contributed by atoms with Gasteiger partial charge < -0.3 is 19.5 Å². The Morgan fingerprint density at radius 1 is 1.19 bits per heavy atom. The number of ether oxygens (including phenoxy) is 2. The van der Waals surface area contributed by atoms with Crippen molar-refractivity contribution in [2.24, 2.45) is 0 Å². The number of aromatic nitrogens is 1. The molecule has 1 N–H and O–H groups in total. The Bertz CT molecular complexity index is 911. The second kappa shape index (κ2) is 6.90. The number of aryl methyl sites for hydroxylation is 1. The number of nitrogens with zero attached hydrogens (tertiary/aromatic N) is 2. The summed E-state index contributed by atoms with van der Waals surface area (Å²) in [7, 11) is 0. The highest BCUT2D eigenvalue weighted by Gasteiger charge is 2.34. The number of carbonyl (C=O) groups is 2. The van der Waals surface area contributed by atoms with Crippen LogP contribution in [0.4, 0.5) is 0 Å². The van der Waals surface area contributed by atoms with E-state index in [1.54, 1.807) is 11.8 Å². The number of carboxylic acids is 1. The van der Waals surface area contributed by atoms with Crippen LogP contribution in [0.2, 0.25) is 0 Å². The zero-order valence-corrected chi connectivity index (χ0v) is 15.0. The van der Waals surface area contributed by atoms with E-state index in [0.717, 1.165) is 18.4 Å². The third kappa shape index (κ3) is 3.09. The fourth-order valence-electron chi connectivity index (χ4n) is 3.75. The van der Waals surface area contributed by atoms with E-state index in [1.807, 2.05) is 18.2 Å². The highest BCUT2D eigenvalue weighted by Crippen LogP contribution is 2.43. The van der Waals surface area contributed by atoms with Gasteiger partial charge in [-0.15, -0.1) is 0 Å². The minimum Gasteiger partial charge on any atom is -0.486 e. The number of pyridine rings is 1. The molecule has 0 bridgehead atoms. The molecule has 1 saturated heterocycles. The van der Waals surface area contributed by atoms with Gasteiger partial charge in [-0.25, -0.2) is 9.78 Å². The van der Waals surface area contributed by atoms with Crippen molar-refractivity contribution in [1.29, 1.82) is 0 Å². The summed E-state index contributed by atoms with van der Waals surface area (Å²) in [6.45, 7) is 3.22. The van der Waals surface area contributed by atoms with Crippen LogP contribution in [0.15, 0.2) is 30.3 Å². The van der Waals surface area contributed by atoms with E-state index in [2.05, 4.69) is 4.98 Å². The first-order valence-corrected chi connectivity index (χ1v) is 8.96. The third-order valence-corrected chi connectivity index (χ3v) is 5.00. The first-order chi connectivity index (χ1) is 13.1. The number of benzene rings is 1. The second-order valence-electron chi connectivity index (χ2n) is 6.66. The molecule has 2 aromatic rings. The molecule has 0 spiro atoms. The van der Waals surface area contributed by atoms with E-state index >= 15 is 0 Å². The summed E-state index contributed by atoms with van der Waals surface area (Å²) in [5.74, 6) is 0.162. The lowest BCUT2D eigenvalue weighted by Crippen LogP contribution is -2.32. The van der Waals surface area contributed by atoms with Crippen molar-refractivity contribution in [3.05, 3.63) is 52.8 Å². The molecule has 3 heterocycles. The Hall–Kier alpha value is -3.09. The van der Waals surface area contributed by atoms with Gasteiger partial charge in [-0.1, -0.05) is 12.1 Å². The Labute approximate surface area is 156 Å². The maximum Gasteiger partial charge on any atom is 0.337 e. The largest absolute Gasteiger partial charge is 0.486 e. The Morgan fingerprint density at radius 3 is 2.78 bits per heavy atom. The summed E-state index contributed by atoms with van der Waals surface area (Å²) >= 11 is 0. The van der Waals surface area contributed by atoms with Crippen LogP contribution >= 0.6 is 0 Å². The van der Waals surface area contributed by atoms with Crippen molar-refractivity contribution in [1.82, 2.24) is 9.88 Å². The van der Waals surface area contributed by atoms with Gasteiger partial charge in [0.2, 0.25) is 0 Å². The SMILES string of the molecule is Cc1nc(C(=O)N2CCCC2c2cccc3c2OCCO3)ccc1C(=O)O. The van der Waals surface area contributed by atoms with Gasteiger partial charge in [-0.05, 0) is 38.0 Å². The first kappa shape index (κ1) is 17.3. The molecule has 0 saturated carbocycles. The highest BCUT2D eigenvalue weighted by atomic mass is 16.6. The van der Waals surface area contributed by atoms with Gasteiger partial charge in [-0.2, -0.15) is 0 Å². The van der Waals surface area contributed by atoms with Gasteiger partial charge in [0.15, 0.2) is 11.5 Å². The minimum absolute atomic E-state index is 0.104. The van der Waals surface area contributed by atoms with E-state index < -0.39 is 5.97 Å².